The molecule has 0 spiro atoms. The van der Waals surface area contributed by atoms with Crippen LogP contribution in [0.1, 0.15) is 24.0 Å². The summed E-state index contributed by atoms with van der Waals surface area (Å²) in [4.78, 5) is 12.4. The third kappa shape index (κ3) is 3.29. The van der Waals surface area contributed by atoms with E-state index in [1.54, 1.807) is 6.21 Å². The molecule has 2 aliphatic rings. The fraction of sp³-hybridized carbons (Fsp3) is 0.130. The van der Waals surface area contributed by atoms with Crippen molar-refractivity contribution in [2.24, 2.45) is 10.1 Å². The van der Waals surface area contributed by atoms with E-state index in [1.165, 1.54) is 11.9 Å². The molecule has 1 aliphatic carbocycles. The van der Waals surface area contributed by atoms with Crippen molar-refractivity contribution < 1.29 is 9.90 Å². The van der Waals surface area contributed by atoms with E-state index < -0.39 is 11.4 Å². The van der Waals surface area contributed by atoms with Crippen LogP contribution in [0.4, 0.5) is 0 Å². The summed E-state index contributed by atoms with van der Waals surface area (Å²) in [5, 5.41) is 9.44. The number of carboxylic acid groups (broad SMARTS) is 1. The first-order valence-electron chi connectivity index (χ1n) is 9.02. The maximum absolute atomic E-state index is 11.5. The molecule has 1 fully saturated rings. The summed E-state index contributed by atoms with van der Waals surface area (Å²) in [5.41, 5.74) is 10.9. The maximum atomic E-state index is 11.5. The van der Waals surface area contributed by atoms with Crippen LogP contribution in [0.5, 0.6) is 0 Å². The minimum Gasteiger partial charge on any atom is -0.481 e. The molecule has 140 valence electrons. The molecule has 5 heteroatoms. The molecule has 1 saturated carbocycles. The maximum Gasteiger partial charge on any atom is 0.314 e. The highest BCUT2D eigenvalue weighted by molar-refractivity contribution is 8.07. The van der Waals surface area contributed by atoms with Gasteiger partial charge < -0.3 is 10.8 Å². The van der Waals surface area contributed by atoms with Crippen molar-refractivity contribution in [3.05, 3.63) is 89.7 Å². The number of aliphatic carboxylic acids is 1. The Balaban J connectivity index is 1.60. The second-order valence-electron chi connectivity index (χ2n) is 7.01. The third-order valence-electron chi connectivity index (χ3n) is 5.26. The van der Waals surface area contributed by atoms with Crippen LogP contribution in [0.25, 0.3) is 16.0 Å². The summed E-state index contributed by atoms with van der Waals surface area (Å²) in [7, 11) is 0. The molecule has 0 aromatic heterocycles. The SMILES string of the molecule is C=C1/C=C\C=N/S/C(c2ccc(-c3ccc(C4(C(=O)O)CC4)cc3)cc2)=C\1N. The van der Waals surface area contributed by atoms with Crippen LogP contribution in [0.3, 0.4) is 0 Å². The molecule has 0 atom stereocenters. The molecular weight excluding hydrogens is 368 g/mol. The first-order chi connectivity index (χ1) is 13.5. The minimum absolute atomic E-state index is 0.624. The molecule has 28 heavy (non-hydrogen) atoms. The summed E-state index contributed by atoms with van der Waals surface area (Å²) in [6.07, 6.45) is 6.82. The number of nitrogens with two attached hydrogens (primary N) is 1. The van der Waals surface area contributed by atoms with E-state index in [2.05, 4.69) is 11.0 Å². The topological polar surface area (TPSA) is 75.7 Å². The zero-order chi connectivity index (χ0) is 19.7. The van der Waals surface area contributed by atoms with Crippen LogP contribution in [-0.2, 0) is 10.2 Å². The normalized spacial score (nSPS) is 22.8. The Hall–Kier alpha value is -3.05. The van der Waals surface area contributed by atoms with E-state index in [0.29, 0.717) is 18.5 Å². The van der Waals surface area contributed by atoms with Crippen molar-refractivity contribution in [3.8, 4) is 11.1 Å². The minimum atomic E-state index is -0.730. The highest BCUT2D eigenvalue weighted by Gasteiger charge is 2.51. The molecular formula is C23H20N2O2S. The van der Waals surface area contributed by atoms with E-state index in [-0.39, 0.29) is 0 Å². The molecule has 0 bridgehead atoms. The van der Waals surface area contributed by atoms with Gasteiger partial charge in [-0.25, -0.2) is 4.40 Å². The van der Waals surface area contributed by atoms with Gasteiger partial charge in [-0.3, -0.25) is 4.79 Å². The molecule has 0 amide bonds. The average molecular weight is 388 g/mol. The van der Waals surface area contributed by atoms with Gasteiger partial charge in [0.2, 0.25) is 0 Å². The van der Waals surface area contributed by atoms with Gasteiger partial charge in [-0.2, -0.15) is 0 Å². The van der Waals surface area contributed by atoms with Crippen LogP contribution in [0.2, 0.25) is 0 Å². The second kappa shape index (κ2) is 7.17. The Bertz CT molecular complexity index is 1030. The van der Waals surface area contributed by atoms with E-state index in [0.717, 1.165) is 32.7 Å². The molecule has 0 saturated heterocycles. The van der Waals surface area contributed by atoms with Gasteiger partial charge in [-0.1, -0.05) is 61.2 Å². The summed E-state index contributed by atoms with van der Waals surface area (Å²) in [6.45, 7) is 4.00. The molecule has 0 unspecified atom stereocenters. The molecule has 1 aliphatic heterocycles. The monoisotopic (exact) mass is 388 g/mol. The Morgan fingerprint density at radius 2 is 1.61 bits per heavy atom. The zero-order valence-corrected chi connectivity index (χ0v) is 16.1. The van der Waals surface area contributed by atoms with Crippen LogP contribution in [-0.4, -0.2) is 17.3 Å². The first-order valence-corrected chi connectivity index (χ1v) is 9.79. The number of hydrogen-bond donors (Lipinski definition) is 2. The van der Waals surface area contributed by atoms with Crippen molar-refractivity contribution in [2.75, 3.05) is 0 Å². The van der Waals surface area contributed by atoms with Crippen LogP contribution >= 0.6 is 11.9 Å². The quantitative estimate of drug-likeness (QED) is 0.727. The molecule has 2 aromatic rings. The third-order valence-corrected chi connectivity index (χ3v) is 6.12. The summed E-state index contributed by atoms with van der Waals surface area (Å²) in [6, 6.07) is 16.0. The lowest BCUT2D eigenvalue weighted by Crippen LogP contribution is -2.19. The number of nitrogens with zero attached hydrogens (tertiary/aromatic N) is 1. The number of hydrogen-bond acceptors (Lipinski definition) is 4. The molecule has 0 radical (unpaired) electrons. The number of benzene rings is 2. The second-order valence-corrected chi connectivity index (χ2v) is 7.82. The average Bonchev–Trinajstić information content (AvgIpc) is 3.52. The largest absolute Gasteiger partial charge is 0.481 e. The fourth-order valence-corrected chi connectivity index (χ4v) is 4.02. The van der Waals surface area contributed by atoms with Crippen LogP contribution < -0.4 is 5.73 Å². The molecule has 1 heterocycles. The van der Waals surface area contributed by atoms with Gasteiger partial charge >= 0.3 is 5.97 Å². The zero-order valence-electron chi connectivity index (χ0n) is 15.3. The number of rotatable bonds is 4. The Morgan fingerprint density at radius 3 is 2.18 bits per heavy atom. The van der Waals surface area contributed by atoms with Crippen molar-refractivity contribution in [3.63, 3.8) is 0 Å². The van der Waals surface area contributed by atoms with Gasteiger partial charge in [0.05, 0.1) is 16.0 Å². The summed E-state index contributed by atoms with van der Waals surface area (Å²) >= 11 is 1.33. The Labute approximate surface area is 168 Å². The summed E-state index contributed by atoms with van der Waals surface area (Å²) < 4.78 is 4.28. The van der Waals surface area contributed by atoms with Gasteiger partial charge in [-0.15, -0.1) is 0 Å². The predicted molar refractivity (Wildman–Crippen MR) is 116 cm³/mol. The Morgan fingerprint density at radius 1 is 1.04 bits per heavy atom. The van der Waals surface area contributed by atoms with Crippen molar-refractivity contribution >= 4 is 29.0 Å². The predicted octanol–water partition coefficient (Wildman–Crippen LogP) is 4.94. The van der Waals surface area contributed by atoms with Gasteiger partial charge in [0.25, 0.3) is 0 Å². The lowest BCUT2D eigenvalue weighted by atomic mass is 9.93. The molecule has 4 nitrogen and oxygen atoms in total. The number of carbonyl (C=O) groups is 1. The van der Waals surface area contributed by atoms with Gasteiger partial charge in [0.15, 0.2) is 0 Å². The Kier molecular flexibility index (Phi) is 4.69. The number of allylic oxidation sites excluding steroid dienone is 2. The molecule has 3 N–H and O–H groups in total. The van der Waals surface area contributed by atoms with Gasteiger partial charge in [0, 0.05) is 18.2 Å². The van der Waals surface area contributed by atoms with Gasteiger partial charge in [0.1, 0.15) is 0 Å². The van der Waals surface area contributed by atoms with Crippen LogP contribution in [0, 0.1) is 0 Å². The van der Waals surface area contributed by atoms with Crippen molar-refractivity contribution in [1.82, 2.24) is 0 Å². The highest BCUT2D eigenvalue weighted by atomic mass is 32.2. The van der Waals surface area contributed by atoms with E-state index in [1.807, 2.05) is 60.7 Å². The summed E-state index contributed by atoms with van der Waals surface area (Å²) in [5.74, 6) is -0.730. The highest BCUT2D eigenvalue weighted by Crippen LogP contribution is 2.48. The smallest absolute Gasteiger partial charge is 0.314 e. The van der Waals surface area contributed by atoms with E-state index >= 15 is 0 Å². The standard InChI is InChI=1S/C23H20N2O2S/c1-15-3-2-14-25-28-21(20(15)24)18-6-4-16(5-7-18)17-8-10-19(11-9-17)23(12-13-23)22(26)27/h2-11,14H,1,12-13,24H2,(H,26,27)/b3-2-,21-20+,25-14-. The lowest BCUT2D eigenvalue weighted by molar-refractivity contribution is -0.140. The van der Waals surface area contributed by atoms with Crippen molar-refractivity contribution in [1.29, 1.82) is 0 Å². The fourth-order valence-electron chi connectivity index (χ4n) is 3.32. The molecule has 4 rings (SSSR count). The molecule has 2 aromatic carbocycles. The van der Waals surface area contributed by atoms with Crippen LogP contribution in [0.15, 0.2) is 82.9 Å². The first kappa shape index (κ1) is 18.3. The van der Waals surface area contributed by atoms with Crippen molar-refractivity contribution in [2.45, 2.75) is 18.3 Å². The van der Waals surface area contributed by atoms with E-state index in [9.17, 15) is 9.90 Å². The van der Waals surface area contributed by atoms with E-state index in [4.69, 9.17) is 5.73 Å². The van der Waals surface area contributed by atoms with Gasteiger partial charge in [-0.05, 0) is 46.7 Å². The lowest BCUT2D eigenvalue weighted by Gasteiger charge is -2.13. The number of carboxylic acids is 1.